The van der Waals surface area contributed by atoms with Gasteiger partial charge in [-0.15, -0.1) is 12.6 Å². The summed E-state index contributed by atoms with van der Waals surface area (Å²) >= 11 is 4.41. The third-order valence-corrected chi connectivity index (χ3v) is 2.98. The predicted octanol–water partition coefficient (Wildman–Crippen LogP) is 2.99. The summed E-state index contributed by atoms with van der Waals surface area (Å²) in [6.45, 7) is 1.96. The van der Waals surface area contributed by atoms with Gasteiger partial charge < -0.3 is 0 Å². The molecule has 0 unspecified atom stereocenters. The zero-order valence-corrected chi connectivity index (χ0v) is 10.2. The van der Waals surface area contributed by atoms with Crippen LogP contribution >= 0.6 is 12.6 Å². The molecule has 0 bridgehead atoms. The van der Waals surface area contributed by atoms with Crippen LogP contribution < -0.4 is 0 Å². The highest BCUT2D eigenvalue weighted by molar-refractivity contribution is 7.80. The standard InChI is InChI=1S/C13H11N3S/c1-9-7-12(17)16-13(15-9)11(8-14-16)10-5-3-2-4-6-10/h2-8,17H,1H3. The Morgan fingerprint density at radius 2 is 1.94 bits per heavy atom. The van der Waals surface area contributed by atoms with Crippen LogP contribution in [0.2, 0.25) is 0 Å². The fraction of sp³-hybridized carbons (Fsp3) is 0.0769. The first-order valence-electron chi connectivity index (χ1n) is 5.35. The van der Waals surface area contributed by atoms with Crippen molar-refractivity contribution in [2.45, 2.75) is 11.9 Å². The Morgan fingerprint density at radius 1 is 1.18 bits per heavy atom. The number of rotatable bonds is 1. The minimum Gasteiger partial charge on any atom is -0.233 e. The monoisotopic (exact) mass is 241 g/mol. The highest BCUT2D eigenvalue weighted by atomic mass is 32.1. The van der Waals surface area contributed by atoms with Crippen LogP contribution in [0.25, 0.3) is 16.8 Å². The summed E-state index contributed by atoms with van der Waals surface area (Å²) in [5.74, 6) is 0. The molecule has 0 aliphatic carbocycles. The summed E-state index contributed by atoms with van der Waals surface area (Å²) in [6.07, 6.45) is 1.83. The molecular formula is C13H11N3S. The summed E-state index contributed by atoms with van der Waals surface area (Å²) in [5, 5.41) is 5.11. The van der Waals surface area contributed by atoms with E-state index in [1.54, 1.807) is 4.52 Å². The first-order chi connectivity index (χ1) is 8.25. The van der Waals surface area contributed by atoms with Crippen LogP contribution in [-0.4, -0.2) is 14.6 Å². The van der Waals surface area contributed by atoms with Crippen molar-refractivity contribution in [2.75, 3.05) is 0 Å². The Morgan fingerprint density at radius 3 is 2.71 bits per heavy atom. The molecule has 0 aliphatic heterocycles. The summed E-state index contributed by atoms with van der Waals surface area (Å²) in [7, 11) is 0. The predicted molar refractivity (Wildman–Crippen MR) is 70.4 cm³/mol. The number of thiol groups is 1. The molecule has 4 heteroatoms. The number of aromatic nitrogens is 3. The lowest BCUT2D eigenvalue weighted by atomic mass is 10.1. The van der Waals surface area contributed by atoms with Crippen LogP contribution in [0.15, 0.2) is 47.6 Å². The van der Waals surface area contributed by atoms with Gasteiger partial charge in [0.25, 0.3) is 0 Å². The van der Waals surface area contributed by atoms with Crippen molar-refractivity contribution in [3.05, 3.63) is 48.3 Å². The van der Waals surface area contributed by atoms with E-state index in [4.69, 9.17) is 0 Å². The van der Waals surface area contributed by atoms with Crippen molar-refractivity contribution < 1.29 is 0 Å². The second-order valence-electron chi connectivity index (χ2n) is 3.92. The Kier molecular flexibility index (Phi) is 2.37. The number of fused-ring (bicyclic) bond motifs is 1. The van der Waals surface area contributed by atoms with Crippen molar-refractivity contribution in [1.82, 2.24) is 14.6 Å². The fourth-order valence-corrected chi connectivity index (χ4v) is 2.22. The average Bonchev–Trinajstić information content (AvgIpc) is 2.74. The molecule has 3 nitrogen and oxygen atoms in total. The van der Waals surface area contributed by atoms with Gasteiger partial charge in [-0.05, 0) is 18.6 Å². The molecule has 0 saturated heterocycles. The summed E-state index contributed by atoms with van der Waals surface area (Å²) in [5.41, 5.74) is 3.94. The molecule has 0 atom stereocenters. The van der Waals surface area contributed by atoms with E-state index in [9.17, 15) is 0 Å². The topological polar surface area (TPSA) is 30.2 Å². The molecule has 0 amide bonds. The minimum absolute atomic E-state index is 0.801. The van der Waals surface area contributed by atoms with Gasteiger partial charge >= 0.3 is 0 Å². The van der Waals surface area contributed by atoms with E-state index in [0.717, 1.165) is 27.5 Å². The van der Waals surface area contributed by atoms with E-state index in [0.29, 0.717) is 0 Å². The SMILES string of the molecule is Cc1cc(S)n2ncc(-c3ccccc3)c2n1. The van der Waals surface area contributed by atoms with Crippen LogP contribution in [0.4, 0.5) is 0 Å². The number of hydrogen-bond donors (Lipinski definition) is 1. The zero-order valence-electron chi connectivity index (χ0n) is 9.33. The van der Waals surface area contributed by atoms with Crippen molar-refractivity contribution >= 4 is 18.3 Å². The Balaban J connectivity index is 2.32. The second kappa shape index (κ2) is 3.89. The highest BCUT2D eigenvalue weighted by Gasteiger charge is 2.09. The molecule has 1 aromatic carbocycles. The van der Waals surface area contributed by atoms with Crippen molar-refractivity contribution in [3.8, 4) is 11.1 Å². The average molecular weight is 241 g/mol. The summed E-state index contributed by atoms with van der Waals surface area (Å²) < 4.78 is 1.75. The van der Waals surface area contributed by atoms with Gasteiger partial charge in [-0.2, -0.15) is 5.10 Å². The normalized spacial score (nSPS) is 10.9. The van der Waals surface area contributed by atoms with E-state index in [1.165, 1.54) is 0 Å². The molecule has 0 fully saturated rings. The van der Waals surface area contributed by atoms with Gasteiger partial charge in [0, 0.05) is 11.3 Å². The van der Waals surface area contributed by atoms with Crippen molar-refractivity contribution in [3.63, 3.8) is 0 Å². The zero-order chi connectivity index (χ0) is 11.8. The van der Waals surface area contributed by atoms with E-state index < -0.39 is 0 Å². The third-order valence-electron chi connectivity index (χ3n) is 2.67. The molecule has 2 heterocycles. The van der Waals surface area contributed by atoms with E-state index in [2.05, 4.69) is 34.8 Å². The van der Waals surface area contributed by atoms with Gasteiger partial charge in [-0.3, -0.25) is 0 Å². The van der Waals surface area contributed by atoms with Gasteiger partial charge in [0.05, 0.1) is 11.2 Å². The van der Waals surface area contributed by atoms with Crippen LogP contribution in [0.5, 0.6) is 0 Å². The van der Waals surface area contributed by atoms with E-state index in [1.807, 2.05) is 37.4 Å². The van der Waals surface area contributed by atoms with E-state index in [-0.39, 0.29) is 0 Å². The molecule has 0 radical (unpaired) electrons. The lowest BCUT2D eigenvalue weighted by Gasteiger charge is -2.02. The quantitative estimate of drug-likeness (QED) is 0.524. The maximum atomic E-state index is 4.52. The van der Waals surface area contributed by atoms with Gasteiger partial charge in [-0.25, -0.2) is 9.50 Å². The molecule has 0 spiro atoms. The molecular weight excluding hydrogens is 230 g/mol. The molecule has 0 saturated carbocycles. The smallest absolute Gasteiger partial charge is 0.164 e. The molecule has 3 aromatic rings. The number of aryl methyl sites for hydroxylation is 1. The van der Waals surface area contributed by atoms with Crippen LogP contribution in [0.3, 0.4) is 0 Å². The van der Waals surface area contributed by atoms with Crippen LogP contribution in [0.1, 0.15) is 5.69 Å². The molecule has 3 rings (SSSR count). The minimum atomic E-state index is 0.801. The molecule has 2 aromatic heterocycles. The number of hydrogen-bond acceptors (Lipinski definition) is 3. The largest absolute Gasteiger partial charge is 0.233 e. The first-order valence-corrected chi connectivity index (χ1v) is 5.80. The molecule has 17 heavy (non-hydrogen) atoms. The van der Waals surface area contributed by atoms with E-state index >= 15 is 0 Å². The van der Waals surface area contributed by atoms with Crippen LogP contribution in [-0.2, 0) is 0 Å². The Hall–Kier alpha value is -1.81. The van der Waals surface area contributed by atoms with Crippen molar-refractivity contribution in [2.24, 2.45) is 0 Å². The Labute approximate surface area is 105 Å². The molecule has 84 valence electrons. The molecule has 0 aliphatic rings. The van der Waals surface area contributed by atoms with Crippen LogP contribution in [0, 0.1) is 6.92 Å². The fourth-order valence-electron chi connectivity index (χ4n) is 1.89. The van der Waals surface area contributed by atoms with Gasteiger partial charge in [-0.1, -0.05) is 30.3 Å². The maximum absolute atomic E-state index is 4.52. The third kappa shape index (κ3) is 1.70. The molecule has 0 N–H and O–H groups in total. The van der Waals surface area contributed by atoms with Gasteiger partial charge in [0.2, 0.25) is 0 Å². The summed E-state index contributed by atoms with van der Waals surface area (Å²) in [6, 6.07) is 12.0. The number of benzene rings is 1. The summed E-state index contributed by atoms with van der Waals surface area (Å²) in [4.78, 5) is 4.52. The second-order valence-corrected chi connectivity index (χ2v) is 4.37. The van der Waals surface area contributed by atoms with Crippen molar-refractivity contribution in [1.29, 1.82) is 0 Å². The highest BCUT2D eigenvalue weighted by Crippen LogP contribution is 2.24. The lowest BCUT2D eigenvalue weighted by molar-refractivity contribution is 0.838. The maximum Gasteiger partial charge on any atom is 0.164 e. The Bertz CT molecular complexity index is 674. The van der Waals surface area contributed by atoms with Gasteiger partial charge in [0.1, 0.15) is 0 Å². The first kappa shape index (κ1) is 10.4. The van der Waals surface area contributed by atoms with Gasteiger partial charge in [0.15, 0.2) is 5.65 Å². The lowest BCUT2D eigenvalue weighted by Crippen LogP contribution is -1.95. The number of nitrogens with zero attached hydrogens (tertiary/aromatic N) is 3.